The Morgan fingerprint density at radius 2 is 1.87 bits per heavy atom. The van der Waals surface area contributed by atoms with Crippen molar-refractivity contribution in [2.45, 2.75) is 69.5 Å². The van der Waals surface area contributed by atoms with Gasteiger partial charge < -0.3 is 15.2 Å². The van der Waals surface area contributed by atoms with Crippen LogP contribution in [0.15, 0.2) is 30.3 Å². The third kappa shape index (κ3) is 5.38. The topological polar surface area (TPSA) is 78.9 Å². The minimum atomic E-state index is -4.62. The van der Waals surface area contributed by atoms with Crippen LogP contribution in [0.4, 0.5) is 18.0 Å². The number of methoxy groups -OCH3 is 1. The third-order valence-corrected chi connectivity index (χ3v) is 6.36. The summed E-state index contributed by atoms with van der Waals surface area (Å²) in [5.41, 5.74) is 0.985. The van der Waals surface area contributed by atoms with Crippen LogP contribution in [0.5, 0.6) is 0 Å². The molecule has 0 radical (unpaired) electrons. The van der Waals surface area contributed by atoms with Crippen LogP contribution < -0.4 is 5.32 Å². The second kappa shape index (κ2) is 9.99. The van der Waals surface area contributed by atoms with Gasteiger partial charge in [-0.2, -0.15) is 13.2 Å². The molecule has 1 aliphatic heterocycles. The Labute approximate surface area is 179 Å². The van der Waals surface area contributed by atoms with Crippen LogP contribution in [0.1, 0.15) is 44.1 Å². The number of hydrogen-bond donors (Lipinski definition) is 2. The molecule has 2 fully saturated rings. The fourth-order valence-electron chi connectivity index (χ4n) is 4.67. The lowest BCUT2D eigenvalue weighted by atomic mass is 9.82. The van der Waals surface area contributed by atoms with Crippen molar-refractivity contribution in [3.8, 4) is 0 Å². The number of nitrogens with zero attached hydrogens (tertiary/aromatic N) is 1. The van der Waals surface area contributed by atoms with Crippen molar-refractivity contribution in [1.29, 1.82) is 0 Å². The van der Waals surface area contributed by atoms with Gasteiger partial charge in [0.2, 0.25) is 5.91 Å². The second-order valence-electron chi connectivity index (χ2n) is 8.32. The number of benzene rings is 1. The summed E-state index contributed by atoms with van der Waals surface area (Å²) in [6.45, 7) is 0. The highest BCUT2D eigenvalue weighted by atomic mass is 19.4. The Bertz CT molecular complexity index is 753. The van der Waals surface area contributed by atoms with E-state index in [0.717, 1.165) is 12.0 Å². The maximum Gasteiger partial charge on any atom is 0.408 e. The molecule has 1 heterocycles. The highest BCUT2D eigenvalue weighted by Crippen LogP contribution is 2.37. The van der Waals surface area contributed by atoms with E-state index in [0.29, 0.717) is 43.4 Å². The van der Waals surface area contributed by atoms with E-state index < -0.39 is 48.3 Å². The van der Waals surface area contributed by atoms with Crippen molar-refractivity contribution in [3.63, 3.8) is 0 Å². The molecule has 9 heteroatoms. The van der Waals surface area contributed by atoms with Gasteiger partial charge in [-0.1, -0.05) is 49.6 Å². The van der Waals surface area contributed by atoms with Gasteiger partial charge >= 0.3 is 12.2 Å². The number of aryl methyl sites for hydroxylation is 1. The summed E-state index contributed by atoms with van der Waals surface area (Å²) < 4.78 is 45.9. The van der Waals surface area contributed by atoms with Crippen molar-refractivity contribution in [3.05, 3.63) is 35.9 Å². The molecule has 1 aromatic rings. The quantitative estimate of drug-likeness (QED) is 0.499. The summed E-state index contributed by atoms with van der Waals surface area (Å²) in [6.07, 6.45) is -2.20. The highest BCUT2D eigenvalue weighted by molar-refractivity contribution is 6.01. The summed E-state index contributed by atoms with van der Waals surface area (Å²) in [5, 5.41) is 12.2. The molecule has 6 nitrogen and oxygen atoms in total. The molecular weight excluding hydrogens is 413 g/mol. The summed E-state index contributed by atoms with van der Waals surface area (Å²) in [6, 6.07) is 5.21. The molecule has 4 atom stereocenters. The number of urea groups is 1. The van der Waals surface area contributed by atoms with Gasteiger partial charge in [0.1, 0.15) is 12.1 Å². The highest BCUT2D eigenvalue weighted by Gasteiger charge is 2.55. The van der Waals surface area contributed by atoms with Crippen LogP contribution in [0.2, 0.25) is 0 Å². The van der Waals surface area contributed by atoms with E-state index in [4.69, 9.17) is 4.74 Å². The Kier molecular flexibility index (Phi) is 7.59. The van der Waals surface area contributed by atoms with Gasteiger partial charge in [0, 0.05) is 7.11 Å². The number of ether oxygens (including phenoxy) is 1. The average molecular weight is 442 g/mol. The molecule has 1 aromatic carbocycles. The maximum atomic E-state index is 13.7. The fourth-order valence-corrected chi connectivity index (χ4v) is 4.67. The predicted molar refractivity (Wildman–Crippen MR) is 107 cm³/mol. The van der Waals surface area contributed by atoms with E-state index in [1.165, 1.54) is 7.11 Å². The zero-order valence-corrected chi connectivity index (χ0v) is 17.5. The number of likely N-dealkylation sites (tertiary alicyclic amines) is 1. The van der Waals surface area contributed by atoms with Gasteiger partial charge in [-0.05, 0) is 37.2 Å². The van der Waals surface area contributed by atoms with Crippen LogP contribution in [-0.4, -0.2) is 53.6 Å². The zero-order valence-electron chi connectivity index (χ0n) is 17.5. The SMILES string of the molecule is COC(O)C1[C@@H](CCc2ccccc2)C(=O)N1C(=O)NC(C1CCCCC1)C(F)(F)F. The van der Waals surface area contributed by atoms with E-state index in [-0.39, 0.29) is 0 Å². The Morgan fingerprint density at radius 1 is 1.23 bits per heavy atom. The minimum Gasteiger partial charge on any atom is -0.366 e. The fraction of sp³-hybridized carbons (Fsp3) is 0.636. The lowest BCUT2D eigenvalue weighted by Gasteiger charge is -2.47. The Morgan fingerprint density at radius 3 is 2.45 bits per heavy atom. The van der Waals surface area contributed by atoms with E-state index in [2.05, 4.69) is 0 Å². The molecule has 2 aliphatic rings. The number of nitrogens with one attached hydrogen (secondary N) is 1. The minimum absolute atomic E-state index is 0.350. The molecule has 0 bridgehead atoms. The summed E-state index contributed by atoms with van der Waals surface area (Å²) in [4.78, 5) is 26.1. The number of halogens is 3. The van der Waals surface area contributed by atoms with Crippen LogP contribution in [0.25, 0.3) is 0 Å². The maximum absolute atomic E-state index is 13.7. The molecule has 1 saturated carbocycles. The van der Waals surface area contributed by atoms with E-state index >= 15 is 0 Å². The zero-order chi connectivity index (χ0) is 22.6. The molecule has 172 valence electrons. The lowest BCUT2D eigenvalue weighted by Crippen LogP contribution is -2.70. The molecule has 1 saturated heterocycles. The summed E-state index contributed by atoms with van der Waals surface area (Å²) in [5.74, 6) is -2.02. The van der Waals surface area contributed by atoms with Gasteiger partial charge in [0.05, 0.1) is 5.92 Å². The van der Waals surface area contributed by atoms with Crippen molar-refractivity contribution in [2.75, 3.05) is 7.11 Å². The summed E-state index contributed by atoms with van der Waals surface area (Å²) in [7, 11) is 1.22. The average Bonchev–Trinajstić information content (AvgIpc) is 2.75. The number of β-lactam (4-membered cyclic amide) rings is 1. The van der Waals surface area contributed by atoms with Gasteiger partial charge in [-0.25, -0.2) is 4.79 Å². The van der Waals surface area contributed by atoms with E-state index in [1.54, 1.807) is 0 Å². The molecule has 3 rings (SSSR count). The number of amides is 3. The Balaban J connectivity index is 1.70. The smallest absolute Gasteiger partial charge is 0.366 e. The number of imide groups is 1. The molecule has 0 aromatic heterocycles. The molecule has 3 amide bonds. The molecule has 0 spiro atoms. The van der Waals surface area contributed by atoms with Crippen molar-refractivity contribution < 1.29 is 32.6 Å². The monoisotopic (exact) mass is 442 g/mol. The van der Waals surface area contributed by atoms with Gasteiger partial charge in [0.15, 0.2) is 6.29 Å². The number of alkyl halides is 3. The molecule has 2 N–H and O–H groups in total. The molecule has 1 aliphatic carbocycles. The normalized spacial score (nSPS) is 24.4. The first kappa shape index (κ1) is 23.5. The third-order valence-electron chi connectivity index (χ3n) is 6.36. The first-order valence-corrected chi connectivity index (χ1v) is 10.7. The largest absolute Gasteiger partial charge is 0.408 e. The number of aliphatic hydroxyl groups is 1. The molecular formula is C22H29F3N2O4. The van der Waals surface area contributed by atoms with Crippen molar-refractivity contribution in [1.82, 2.24) is 10.2 Å². The van der Waals surface area contributed by atoms with Gasteiger partial charge in [-0.15, -0.1) is 0 Å². The number of hydrogen-bond acceptors (Lipinski definition) is 4. The van der Waals surface area contributed by atoms with E-state index in [1.807, 2.05) is 35.6 Å². The molecule has 31 heavy (non-hydrogen) atoms. The van der Waals surface area contributed by atoms with Crippen molar-refractivity contribution in [2.24, 2.45) is 11.8 Å². The number of carbonyl (C=O) groups excluding carboxylic acids is 2. The van der Waals surface area contributed by atoms with Gasteiger partial charge in [0.25, 0.3) is 0 Å². The van der Waals surface area contributed by atoms with Crippen LogP contribution >= 0.6 is 0 Å². The van der Waals surface area contributed by atoms with Crippen molar-refractivity contribution >= 4 is 11.9 Å². The standard InChI is InChI=1S/C22H29F3N2O4/c1-31-20(29)17-16(13-12-14-8-4-2-5-9-14)19(28)27(17)21(30)26-18(22(23,24)25)15-10-6-3-7-11-15/h2,4-5,8-9,15-18,20,29H,3,6-7,10-13H2,1H3,(H,26,30)/t16-,17?,18?,20?/m1/s1. The second-order valence-corrected chi connectivity index (χ2v) is 8.32. The van der Waals surface area contributed by atoms with E-state index in [9.17, 15) is 27.9 Å². The summed E-state index contributed by atoms with van der Waals surface area (Å²) >= 11 is 0. The predicted octanol–water partition coefficient (Wildman–Crippen LogP) is 3.63. The first-order valence-electron chi connectivity index (χ1n) is 10.7. The number of aliphatic hydroxyl groups excluding tert-OH is 1. The number of rotatable bonds is 7. The molecule has 3 unspecified atom stereocenters. The lowest BCUT2D eigenvalue weighted by molar-refractivity contribution is -0.188. The van der Waals surface area contributed by atoms with Crippen LogP contribution in [-0.2, 0) is 16.0 Å². The van der Waals surface area contributed by atoms with Gasteiger partial charge in [-0.3, -0.25) is 9.69 Å². The Hall–Kier alpha value is -2.13. The van der Waals surface area contributed by atoms with Crippen LogP contribution in [0.3, 0.4) is 0 Å². The number of carbonyl (C=O) groups is 2. The first-order chi connectivity index (χ1) is 14.7. The van der Waals surface area contributed by atoms with Crippen LogP contribution in [0, 0.1) is 11.8 Å².